The van der Waals surface area contributed by atoms with Crippen LogP contribution in [0.3, 0.4) is 0 Å². The fourth-order valence-corrected chi connectivity index (χ4v) is 3.46. The molecule has 1 heteroatoms. The maximum absolute atomic E-state index is 4.01. The minimum atomic E-state index is 0.487. The number of hydrogen-bond acceptors (Lipinski definition) is 1. The third kappa shape index (κ3) is 51.9. The summed E-state index contributed by atoms with van der Waals surface area (Å²) in [6.07, 6.45) is 21.1. The van der Waals surface area contributed by atoms with Crippen molar-refractivity contribution in [2.45, 2.75) is 202 Å². The third-order valence-electron chi connectivity index (χ3n) is 6.07. The molecule has 1 unspecified atom stereocenters. The molecule has 1 aliphatic carbocycles. The van der Waals surface area contributed by atoms with E-state index in [4.69, 9.17) is 0 Å². The summed E-state index contributed by atoms with van der Waals surface area (Å²) < 4.78 is 0. The van der Waals surface area contributed by atoms with Gasteiger partial charge in [-0.15, -0.1) is 6.58 Å². The van der Waals surface area contributed by atoms with Crippen molar-refractivity contribution < 1.29 is 0 Å². The SMILES string of the molecule is C=CC(C)N(CC/C=C\C=C\C)C1CCC(C(C)C)CC1.CC.CC.CC(C)(C)C.CCC.CCC.CCC(C)(C)C. The number of nitrogens with zero attached hydrogens (tertiary/aromatic N) is 1. The molecule has 0 aromatic heterocycles. The van der Waals surface area contributed by atoms with Crippen LogP contribution < -0.4 is 0 Å². The quantitative estimate of drug-likeness (QED) is 0.199. The highest BCUT2D eigenvalue weighted by molar-refractivity contribution is 5.01. The average molecular weight is 596 g/mol. The van der Waals surface area contributed by atoms with Crippen LogP contribution in [0.15, 0.2) is 37.0 Å². The molecule has 0 radical (unpaired) electrons. The van der Waals surface area contributed by atoms with Gasteiger partial charge >= 0.3 is 0 Å². The van der Waals surface area contributed by atoms with Crippen molar-refractivity contribution in [3.63, 3.8) is 0 Å². The molecule has 1 aliphatic rings. The lowest BCUT2D eigenvalue weighted by molar-refractivity contribution is 0.107. The molecule has 0 aromatic rings. The summed E-state index contributed by atoms with van der Waals surface area (Å²) in [7, 11) is 0. The zero-order valence-corrected chi connectivity index (χ0v) is 33.7. The van der Waals surface area contributed by atoms with Gasteiger partial charge in [0.15, 0.2) is 0 Å². The monoisotopic (exact) mass is 596 g/mol. The van der Waals surface area contributed by atoms with E-state index in [1.807, 2.05) is 27.7 Å². The third-order valence-corrected chi connectivity index (χ3v) is 6.07. The summed E-state index contributed by atoms with van der Waals surface area (Å²) in [6.45, 7) is 48.4. The minimum Gasteiger partial charge on any atom is -0.294 e. The van der Waals surface area contributed by atoms with Crippen LogP contribution in [0.4, 0.5) is 0 Å². The molecule has 0 bridgehead atoms. The van der Waals surface area contributed by atoms with Gasteiger partial charge in [-0.05, 0) is 68.6 Å². The Kier molecular flexibility index (Phi) is 48.9. The lowest BCUT2D eigenvalue weighted by Gasteiger charge is -2.40. The first-order valence-corrected chi connectivity index (χ1v) is 18.1. The van der Waals surface area contributed by atoms with Crippen molar-refractivity contribution in [2.75, 3.05) is 6.54 Å². The zero-order chi connectivity index (χ0) is 34.8. The summed E-state index contributed by atoms with van der Waals surface area (Å²) in [5.74, 6) is 1.79. The Morgan fingerprint density at radius 2 is 1.10 bits per heavy atom. The summed E-state index contributed by atoms with van der Waals surface area (Å²) in [5, 5.41) is 0. The number of allylic oxidation sites excluding steroid dienone is 3. The number of rotatable bonds is 8. The van der Waals surface area contributed by atoms with Crippen LogP contribution in [0, 0.1) is 22.7 Å². The summed E-state index contributed by atoms with van der Waals surface area (Å²) in [6, 6.07) is 1.24. The topological polar surface area (TPSA) is 3.24 Å². The van der Waals surface area contributed by atoms with E-state index in [-0.39, 0.29) is 0 Å². The molecule has 1 rings (SSSR count). The fraction of sp³-hybridized carbons (Fsp3) is 0.854. The molecule has 1 fully saturated rings. The lowest BCUT2D eigenvalue weighted by Crippen LogP contribution is -2.43. The van der Waals surface area contributed by atoms with E-state index in [1.54, 1.807) is 0 Å². The van der Waals surface area contributed by atoms with Gasteiger partial charge in [-0.1, -0.05) is 174 Å². The highest BCUT2D eigenvalue weighted by atomic mass is 15.2. The largest absolute Gasteiger partial charge is 0.294 e. The van der Waals surface area contributed by atoms with Gasteiger partial charge in [0.2, 0.25) is 0 Å². The molecule has 1 saturated carbocycles. The Balaban J connectivity index is -0.000000126. The van der Waals surface area contributed by atoms with E-state index in [0.717, 1.165) is 30.8 Å². The molecule has 1 nitrogen and oxygen atoms in total. The van der Waals surface area contributed by atoms with Gasteiger partial charge in [0.1, 0.15) is 0 Å². The molecule has 42 heavy (non-hydrogen) atoms. The summed E-state index contributed by atoms with van der Waals surface area (Å²) >= 11 is 0. The van der Waals surface area contributed by atoms with E-state index in [0.29, 0.717) is 16.9 Å². The van der Waals surface area contributed by atoms with Crippen LogP contribution in [0.1, 0.15) is 190 Å². The van der Waals surface area contributed by atoms with Crippen LogP contribution in [-0.2, 0) is 0 Å². The van der Waals surface area contributed by atoms with Crippen molar-refractivity contribution in [2.24, 2.45) is 22.7 Å². The van der Waals surface area contributed by atoms with Crippen LogP contribution in [0.25, 0.3) is 0 Å². The van der Waals surface area contributed by atoms with E-state index >= 15 is 0 Å². The first-order valence-electron chi connectivity index (χ1n) is 18.1. The highest BCUT2D eigenvalue weighted by Crippen LogP contribution is 2.33. The fourth-order valence-electron chi connectivity index (χ4n) is 3.46. The Hall–Kier alpha value is -0.820. The molecule has 0 spiro atoms. The molecule has 0 N–H and O–H groups in total. The molecular formula is C41H89N. The maximum atomic E-state index is 4.01. The molecule has 0 aliphatic heterocycles. The molecule has 0 saturated heterocycles. The van der Waals surface area contributed by atoms with Crippen molar-refractivity contribution in [1.29, 1.82) is 0 Å². The van der Waals surface area contributed by atoms with Gasteiger partial charge in [0, 0.05) is 18.6 Å². The minimum absolute atomic E-state index is 0.487. The van der Waals surface area contributed by atoms with Crippen molar-refractivity contribution in [1.82, 2.24) is 4.90 Å². The normalized spacial score (nSPS) is 16.9. The zero-order valence-electron chi connectivity index (χ0n) is 33.7. The van der Waals surface area contributed by atoms with Gasteiger partial charge in [0.25, 0.3) is 0 Å². The second-order valence-electron chi connectivity index (χ2n) is 14.1. The first-order chi connectivity index (χ1) is 19.5. The van der Waals surface area contributed by atoms with Crippen molar-refractivity contribution in [3.05, 3.63) is 37.0 Å². The Bertz CT molecular complexity index is 510. The summed E-state index contributed by atoms with van der Waals surface area (Å²) in [4.78, 5) is 2.67. The van der Waals surface area contributed by atoms with Crippen molar-refractivity contribution >= 4 is 0 Å². The smallest absolute Gasteiger partial charge is 0.0250 e. The Labute approximate surface area is 272 Å². The number of hydrogen-bond donors (Lipinski definition) is 0. The maximum Gasteiger partial charge on any atom is 0.0250 e. The van der Waals surface area contributed by atoms with E-state index < -0.39 is 0 Å². The van der Waals surface area contributed by atoms with Gasteiger partial charge in [0.05, 0.1) is 0 Å². The van der Waals surface area contributed by atoms with Crippen LogP contribution in [-0.4, -0.2) is 23.5 Å². The summed E-state index contributed by atoms with van der Waals surface area (Å²) in [5.41, 5.74) is 1.04. The molecular weight excluding hydrogens is 506 g/mol. The average Bonchev–Trinajstić information content (AvgIpc) is 2.92. The van der Waals surface area contributed by atoms with Gasteiger partial charge in [-0.2, -0.15) is 0 Å². The second-order valence-corrected chi connectivity index (χ2v) is 14.1. The van der Waals surface area contributed by atoms with E-state index in [1.165, 1.54) is 44.9 Å². The predicted octanol–water partition coefficient (Wildman–Crippen LogP) is 15.0. The van der Waals surface area contributed by atoms with E-state index in [2.05, 4.69) is 153 Å². The van der Waals surface area contributed by atoms with Crippen molar-refractivity contribution in [3.8, 4) is 0 Å². The van der Waals surface area contributed by atoms with Crippen LogP contribution >= 0.6 is 0 Å². The Morgan fingerprint density at radius 3 is 1.36 bits per heavy atom. The highest BCUT2D eigenvalue weighted by Gasteiger charge is 2.28. The molecule has 0 aromatic carbocycles. The predicted molar refractivity (Wildman–Crippen MR) is 205 cm³/mol. The Morgan fingerprint density at radius 1 is 0.738 bits per heavy atom. The standard InChI is InChI=1S/C20H35N.C6H14.C5H12.2C3H8.2C2H6/c1-6-8-9-10-11-16-21(18(5)7-2)20-14-12-19(13-15-20)17(3)4;1-5-6(2,3)4;1-5(2,3)4;2*1-3-2;2*1-2/h6-10,17-20H,2,11-16H2,1,3-5H3;5H2,1-4H3;1-4H3;2*3H2,1-2H3;2*1-2H3/b8-6+,10-9-;;;;;;. The van der Waals surface area contributed by atoms with Gasteiger partial charge in [-0.25, -0.2) is 0 Å². The van der Waals surface area contributed by atoms with Crippen LogP contribution in [0.5, 0.6) is 0 Å². The van der Waals surface area contributed by atoms with Gasteiger partial charge in [-0.3, -0.25) is 4.90 Å². The lowest BCUT2D eigenvalue weighted by atomic mass is 9.79. The second kappa shape index (κ2) is 38.2. The molecule has 1 atom stereocenters. The first kappa shape index (κ1) is 53.7. The van der Waals surface area contributed by atoms with E-state index in [9.17, 15) is 0 Å². The molecule has 0 heterocycles. The molecule has 258 valence electrons. The van der Waals surface area contributed by atoms with Gasteiger partial charge < -0.3 is 0 Å². The van der Waals surface area contributed by atoms with Crippen LogP contribution in [0.2, 0.25) is 0 Å². The molecule has 0 amide bonds.